The van der Waals surface area contributed by atoms with E-state index in [1.807, 2.05) is 13.8 Å². The van der Waals surface area contributed by atoms with Crippen molar-refractivity contribution in [2.75, 3.05) is 13.1 Å². The molecule has 1 saturated heterocycles. The van der Waals surface area contributed by atoms with Crippen molar-refractivity contribution in [2.24, 2.45) is 5.73 Å². The van der Waals surface area contributed by atoms with E-state index in [-0.39, 0.29) is 41.5 Å². The predicted molar refractivity (Wildman–Crippen MR) is 105 cm³/mol. The van der Waals surface area contributed by atoms with Crippen LogP contribution < -0.4 is 10.5 Å². The Morgan fingerprint density at radius 3 is 2.00 bits per heavy atom. The molecule has 0 aromatic heterocycles. The Kier molecular flexibility index (Phi) is 6.02. The fourth-order valence-electron chi connectivity index (χ4n) is 3.09. The van der Waals surface area contributed by atoms with E-state index in [0.29, 0.717) is 5.56 Å². The van der Waals surface area contributed by atoms with Gasteiger partial charge < -0.3 is 15.2 Å². The first-order valence-corrected chi connectivity index (χ1v) is 10.5. The van der Waals surface area contributed by atoms with E-state index in [2.05, 4.69) is 0 Å². The number of carbonyl (C=O) groups excluding carboxylic acids is 2. The van der Waals surface area contributed by atoms with Crippen LogP contribution in [-0.4, -0.2) is 49.9 Å². The quantitative estimate of drug-likeness (QED) is 0.585. The van der Waals surface area contributed by atoms with Crippen molar-refractivity contribution in [1.29, 1.82) is 0 Å². The Labute approximate surface area is 169 Å². The van der Waals surface area contributed by atoms with Crippen LogP contribution in [0.25, 0.3) is 0 Å². The number of nitrogens with zero attached hydrogens (tertiary/aromatic N) is 1. The summed E-state index contributed by atoms with van der Waals surface area (Å²) in [4.78, 5) is 23.5. The number of amides is 1. The molecule has 0 radical (unpaired) electrons. The molecule has 154 valence electrons. The topological polar surface area (TPSA) is 116 Å². The van der Waals surface area contributed by atoms with Crippen LogP contribution in [0, 0.1) is 0 Å². The van der Waals surface area contributed by atoms with E-state index in [1.54, 1.807) is 0 Å². The normalized spacial score (nSPS) is 20.2. The zero-order chi connectivity index (χ0) is 21.2. The van der Waals surface area contributed by atoms with Gasteiger partial charge in [0.05, 0.1) is 22.7 Å². The number of hydrogen-bond donors (Lipinski definition) is 1. The zero-order valence-electron chi connectivity index (χ0n) is 16.1. The minimum Gasteiger partial charge on any atom is -0.423 e. The van der Waals surface area contributed by atoms with Crippen LogP contribution in [0.2, 0.25) is 0 Å². The second kappa shape index (κ2) is 8.32. The molecule has 2 aromatic carbocycles. The van der Waals surface area contributed by atoms with Gasteiger partial charge in [0.25, 0.3) is 0 Å². The highest BCUT2D eigenvalue weighted by molar-refractivity contribution is 7.89. The number of esters is 1. The average molecular weight is 418 g/mol. The van der Waals surface area contributed by atoms with Crippen LogP contribution in [-0.2, 0) is 14.8 Å². The third kappa shape index (κ3) is 4.81. The summed E-state index contributed by atoms with van der Waals surface area (Å²) in [6.45, 7) is 4.20. The van der Waals surface area contributed by atoms with Crippen LogP contribution in [0.15, 0.2) is 53.4 Å². The van der Waals surface area contributed by atoms with Gasteiger partial charge in [0.2, 0.25) is 15.9 Å². The lowest BCUT2D eigenvalue weighted by molar-refractivity contribution is -0.0440. The molecular formula is C20H22N2O6S. The van der Waals surface area contributed by atoms with Crippen LogP contribution in [0.3, 0.4) is 0 Å². The molecule has 2 aromatic rings. The minimum absolute atomic E-state index is 0.0983. The molecular weight excluding hydrogens is 396 g/mol. The van der Waals surface area contributed by atoms with Gasteiger partial charge in [-0.2, -0.15) is 4.31 Å². The highest BCUT2D eigenvalue weighted by atomic mass is 32.2. The molecule has 2 N–H and O–H groups in total. The number of benzene rings is 2. The van der Waals surface area contributed by atoms with Crippen LogP contribution in [0.4, 0.5) is 0 Å². The maximum Gasteiger partial charge on any atom is 0.343 e. The van der Waals surface area contributed by atoms with E-state index in [1.165, 1.54) is 52.8 Å². The lowest BCUT2D eigenvalue weighted by atomic mass is 10.2. The van der Waals surface area contributed by atoms with Crippen molar-refractivity contribution in [3.05, 3.63) is 59.7 Å². The largest absolute Gasteiger partial charge is 0.423 e. The standard InChI is InChI=1S/C20H22N2O6S/c1-13-11-22(12-14(2)27-13)29(25,26)18-9-5-16(6-10-18)20(24)28-17-7-3-15(4-8-17)19(21)23/h3-10,13-14H,11-12H2,1-2H3,(H2,21,23)/t13-,14-/m1/s1. The fourth-order valence-corrected chi connectivity index (χ4v) is 4.68. The predicted octanol–water partition coefficient (Wildman–Crippen LogP) is 1.80. The second-order valence-electron chi connectivity index (χ2n) is 6.88. The smallest absolute Gasteiger partial charge is 0.343 e. The van der Waals surface area contributed by atoms with Crippen molar-refractivity contribution in [2.45, 2.75) is 31.0 Å². The molecule has 0 aliphatic carbocycles. The lowest BCUT2D eigenvalue weighted by Gasteiger charge is -2.34. The van der Waals surface area contributed by atoms with Crippen LogP contribution in [0.5, 0.6) is 5.75 Å². The van der Waals surface area contributed by atoms with Gasteiger partial charge in [-0.3, -0.25) is 4.79 Å². The Morgan fingerprint density at radius 1 is 0.966 bits per heavy atom. The second-order valence-corrected chi connectivity index (χ2v) is 8.82. The molecule has 0 bridgehead atoms. The number of carbonyl (C=O) groups is 2. The van der Waals surface area contributed by atoms with E-state index in [4.69, 9.17) is 15.2 Å². The molecule has 8 nitrogen and oxygen atoms in total. The van der Waals surface area contributed by atoms with Gasteiger partial charge in [-0.05, 0) is 62.4 Å². The SMILES string of the molecule is C[C@@H]1CN(S(=O)(=O)c2ccc(C(=O)Oc3ccc(C(N)=O)cc3)cc2)C[C@@H](C)O1. The summed E-state index contributed by atoms with van der Waals surface area (Å²) in [5.41, 5.74) is 5.67. The van der Waals surface area contributed by atoms with E-state index < -0.39 is 21.9 Å². The van der Waals surface area contributed by atoms with Crippen molar-refractivity contribution >= 4 is 21.9 Å². The number of rotatable bonds is 5. The number of sulfonamides is 1. The third-order valence-corrected chi connectivity index (χ3v) is 6.31. The van der Waals surface area contributed by atoms with Gasteiger partial charge in [0.15, 0.2) is 0 Å². The minimum atomic E-state index is -3.68. The Bertz CT molecular complexity index is 992. The molecule has 0 spiro atoms. The summed E-state index contributed by atoms with van der Waals surface area (Å²) in [5, 5.41) is 0. The molecule has 0 saturated carbocycles. The highest BCUT2D eigenvalue weighted by Gasteiger charge is 2.32. The van der Waals surface area contributed by atoms with Crippen molar-refractivity contribution in [3.63, 3.8) is 0 Å². The lowest BCUT2D eigenvalue weighted by Crippen LogP contribution is -2.48. The molecule has 9 heteroatoms. The van der Waals surface area contributed by atoms with Crippen molar-refractivity contribution < 1.29 is 27.5 Å². The maximum absolute atomic E-state index is 12.9. The molecule has 0 unspecified atom stereocenters. The summed E-state index contributed by atoms with van der Waals surface area (Å²) < 4.78 is 37.9. The van der Waals surface area contributed by atoms with Crippen molar-refractivity contribution in [1.82, 2.24) is 4.31 Å². The summed E-state index contributed by atoms with van der Waals surface area (Å²) in [5.74, 6) is -0.980. The third-order valence-electron chi connectivity index (χ3n) is 4.46. The van der Waals surface area contributed by atoms with Gasteiger partial charge in [0.1, 0.15) is 5.75 Å². The Morgan fingerprint density at radius 2 is 1.48 bits per heavy atom. The fraction of sp³-hybridized carbons (Fsp3) is 0.300. The first-order valence-electron chi connectivity index (χ1n) is 9.04. The summed E-state index contributed by atoms with van der Waals surface area (Å²) >= 11 is 0. The van der Waals surface area contributed by atoms with Crippen LogP contribution >= 0.6 is 0 Å². The zero-order valence-corrected chi connectivity index (χ0v) is 16.9. The average Bonchev–Trinajstić information content (AvgIpc) is 2.67. The Balaban J connectivity index is 1.72. The molecule has 1 amide bonds. The Hall–Kier alpha value is -2.75. The van der Waals surface area contributed by atoms with Gasteiger partial charge in [0, 0.05) is 18.7 Å². The molecule has 1 aliphatic rings. The molecule has 29 heavy (non-hydrogen) atoms. The van der Waals surface area contributed by atoms with E-state index in [0.717, 1.165) is 0 Å². The van der Waals surface area contributed by atoms with E-state index >= 15 is 0 Å². The number of hydrogen-bond acceptors (Lipinski definition) is 6. The van der Waals surface area contributed by atoms with E-state index in [9.17, 15) is 18.0 Å². The number of nitrogens with two attached hydrogens (primary N) is 1. The van der Waals surface area contributed by atoms with Gasteiger partial charge >= 0.3 is 5.97 Å². The molecule has 2 atom stereocenters. The van der Waals surface area contributed by atoms with Gasteiger partial charge in [-0.15, -0.1) is 0 Å². The summed E-state index contributed by atoms with van der Waals surface area (Å²) in [6.07, 6.45) is -0.382. The number of primary amides is 1. The monoisotopic (exact) mass is 418 g/mol. The number of morpholine rings is 1. The first kappa shape index (κ1) is 21.0. The van der Waals surface area contributed by atoms with Gasteiger partial charge in [-0.25, -0.2) is 13.2 Å². The molecule has 1 heterocycles. The molecule has 1 fully saturated rings. The van der Waals surface area contributed by atoms with Crippen molar-refractivity contribution in [3.8, 4) is 5.75 Å². The van der Waals surface area contributed by atoms with Crippen LogP contribution in [0.1, 0.15) is 34.6 Å². The van der Waals surface area contributed by atoms with Gasteiger partial charge in [-0.1, -0.05) is 0 Å². The maximum atomic E-state index is 12.9. The first-order chi connectivity index (χ1) is 13.7. The molecule has 1 aliphatic heterocycles. The molecule has 3 rings (SSSR count). The number of ether oxygens (including phenoxy) is 2. The highest BCUT2D eigenvalue weighted by Crippen LogP contribution is 2.22. The summed E-state index contributed by atoms with van der Waals surface area (Å²) in [6, 6.07) is 11.4. The summed E-state index contributed by atoms with van der Waals surface area (Å²) in [7, 11) is -3.68.